The molecule has 7 nitrogen and oxygen atoms in total. The molecule has 1 aromatic carbocycles. The topological polar surface area (TPSA) is 72.4 Å². The fraction of sp³-hybridized carbons (Fsp3) is 0.529. The number of carbonyl (C=O) groups excluding carboxylic acids is 1. The molecule has 0 aromatic heterocycles. The molecule has 7 heteroatoms. The van der Waals surface area contributed by atoms with E-state index in [1.165, 1.54) is 18.2 Å². The lowest BCUT2D eigenvalue weighted by Crippen LogP contribution is -2.44. The molecule has 0 spiro atoms. The number of hydrogen-bond acceptors (Lipinski definition) is 5. The molecular weight excluding hydrogens is 310 g/mol. The first-order chi connectivity index (χ1) is 11.6. The van der Waals surface area contributed by atoms with Gasteiger partial charge in [0, 0.05) is 26.7 Å². The van der Waals surface area contributed by atoms with Gasteiger partial charge in [0.2, 0.25) is 0 Å². The molecule has 132 valence electrons. The third-order valence-corrected chi connectivity index (χ3v) is 4.07. The largest absolute Gasteiger partial charge is 0.493 e. The Hall–Kier alpha value is -2.44. The molecule has 0 aliphatic carbocycles. The summed E-state index contributed by atoms with van der Waals surface area (Å²) in [4.78, 5) is 17.7. The van der Waals surface area contributed by atoms with Crippen LogP contribution in [0.4, 0.5) is 0 Å². The van der Waals surface area contributed by atoms with Crippen molar-refractivity contribution in [3.05, 3.63) is 23.3 Å². The van der Waals surface area contributed by atoms with Gasteiger partial charge in [0.1, 0.15) is 0 Å². The van der Waals surface area contributed by atoms with Gasteiger partial charge in [-0.25, -0.2) is 0 Å². The van der Waals surface area contributed by atoms with E-state index in [4.69, 9.17) is 9.47 Å². The molecule has 1 aliphatic rings. The first-order valence-corrected chi connectivity index (χ1v) is 7.89. The van der Waals surface area contributed by atoms with Crippen molar-refractivity contribution < 1.29 is 19.0 Å². The SMILES string of the molecule is CN=C(NCCC(=O)OC)N1CCc2cc(OC)c(OC)cc2C1. The fourth-order valence-electron chi connectivity index (χ4n) is 2.77. The van der Waals surface area contributed by atoms with Gasteiger partial charge in [-0.05, 0) is 29.7 Å². The van der Waals surface area contributed by atoms with Crippen LogP contribution in [0.2, 0.25) is 0 Å². The van der Waals surface area contributed by atoms with Crippen LogP contribution in [0.1, 0.15) is 17.5 Å². The first kappa shape index (κ1) is 17.9. The van der Waals surface area contributed by atoms with Crippen LogP contribution in [0.3, 0.4) is 0 Å². The third-order valence-electron chi connectivity index (χ3n) is 4.07. The zero-order chi connectivity index (χ0) is 17.5. The minimum Gasteiger partial charge on any atom is -0.493 e. The molecular formula is C17H25N3O4. The summed E-state index contributed by atoms with van der Waals surface area (Å²) in [5.74, 6) is 2.02. The van der Waals surface area contributed by atoms with Gasteiger partial charge in [-0.15, -0.1) is 0 Å². The lowest BCUT2D eigenvalue weighted by atomic mass is 9.99. The van der Waals surface area contributed by atoms with E-state index in [2.05, 4.69) is 19.9 Å². The molecule has 1 aromatic rings. The van der Waals surface area contributed by atoms with Crippen LogP contribution in [-0.2, 0) is 22.5 Å². The Labute approximate surface area is 142 Å². The quantitative estimate of drug-likeness (QED) is 0.495. The summed E-state index contributed by atoms with van der Waals surface area (Å²) in [5.41, 5.74) is 2.45. The highest BCUT2D eigenvalue weighted by molar-refractivity contribution is 5.81. The lowest BCUT2D eigenvalue weighted by Gasteiger charge is -2.32. The van der Waals surface area contributed by atoms with Gasteiger partial charge in [-0.1, -0.05) is 0 Å². The molecule has 0 amide bonds. The van der Waals surface area contributed by atoms with Gasteiger partial charge in [-0.3, -0.25) is 9.79 Å². The number of benzene rings is 1. The number of carbonyl (C=O) groups is 1. The van der Waals surface area contributed by atoms with E-state index in [1.807, 2.05) is 12.1 Å². The minimum absolute atomic E-state index is 0.237. The van der Waals surface area contributed by atoms with Crippen LogP contribution in [0.25, 0.3) is 0 Å². The Bertz CT molecular complexity index is 616. The van der Waals surface area contributed by atoms with Gasteiger partial charge in [-0.2, -0.15) is 0 Å². The van der Waals surface area contributed by atoms with E-state index in [9.17, 15) is 4.79 Å². The maximum absolute atomic E-state index is 11.2. The molecule has 0 atom stereocenters. The number of guanidine groups is 1. The summed E-state index contributed by atoms with van der Waals surface area (Å²) in [6.07, 6.45) is 1.21. The second-order valence-electron chi connectivity index (χ2n) is 5.45. The van der Waals surface area contributed by atoms with Crippen molar-refractivity contribution in [1.29, 1.82) is 0 Å². The van der Waals surface area contributed by atoms with Crippen molar-refractivity contribution in [1.82, 2.24) is 10.2 Å². The average molecular weight is 335 g/mol. The van der Waals surface area contributed by atoms with Gasteiger partial charge < -0.3 is 24.4 Å². The van der Waals surface area contributed by atoms with E-state index >= 15 is 0 Å². The molecule has 0 radical (unpaired) electrons. The Morgan fingerprint density at radius 3 is 2.46 bits per heavy atom. The average Bonchev–Trinajstić information content (AvgIpc) is 2.63. The lowest BCUT2D eigenvalue weighted by molar-refractivity contribution is -0.140. The Kier molecular flexibility index (Phi) is 6.28. The van der Waals surface area contributed by atoms with Crippen LogP contribution in [0, 0.1) is 0 Å². The number of ether oxygens (including phenoxy) is 3. The second-order valence-corrected chi connectivity index (χ2v) is 5.45. The number of hydrogen-bond donors (Lipinski definition) is 1. The fourth-order valence-corrected chi connectivity index (χ4v) is 2.77. The van der Waals surface area contributed by atoms with E-state index in [-0.39, 0.29) is 5.97 Å². The van der Waals surface area contributed by atoms with E-state index in [0.717, 1.165) is 37.0 Å². The molecule has 1 heterocycles. The highest BCUT2D eigenvalue weighted by atomic mass is 16.5. The Morgan fingerprint density at radius 2 is 1.88 bits per heavy atom. The maximum atomic E-state index is 11.2. The van der Waals surface area contributed by atoms with Crippen molar-refractivity contribution in [3.8, 4) is 11.5 Å². The monoisotopic (exact) mass is 335 g/mol. The van der Waals surface area contributed by atoms with Crippen LogP contribution in [-0.4, -0.2) is 58.3 Å². The molecule has 1 aliphatic heterocycles. The van der Waals surface area contributed by atoms with Crippen molar-refractivity contribution in [3.63, 3.8) is 0 Å². The predicted octanol–water partition coefficient (Wildman–Crippen LogP) is 1.20. The Balaban J connectivity index is 2.06. The normalized spacial score (nSPS) is 14.0. The smallest absolute Gasteiger partial charge is 0.307 e. The summed E-state index contributed by atoms with van der Waals surface area (Å²) >= 11 is 0. The molecule has 1 N–H and O–H groups in total. The summed E-state index contributed by atoms with van der Waals surface area (Å²) in [6, 6.07) is 4.06. The molecule has 0 bridgehead atoms. The number of nitrogens with one attached hydrogen (secondary N) is 1. The molecule has 0 saturated heterocycles. The van der Waals surface area contributed by atoms with Crippen LogP contribution in [0.15, 0.2) is 17.1 Å². The van der Waals surface area contributed by atoms with E-state index in [1.54, 1.807) is 21.3 Å². The predicted molar refractivity (Wildman–Crippen MR) is 91.7 cm³/mol. The molecule has 0 unspecified atom stereocenters. The Morgan fingerprint density at radius 1 is 1.21 bits per heavy atom. The van der Waals surface area contributed by atoms with Crippen molar-refractivity contribution >= 4 is 11.9 Å². The van der Waals surface area contributed by atoms with Crippen LogP contribution < -0.4 is 14.8 Å². The van der Waals surface area contributed by atoms with Gasteiger partial charge in [0.15, 0.2) is 17.5 Å². The number of fused-ring (bicyclic) bond motifs is 1. The maximum Gasteiger partial charge on any atom is 0.307 e. The first-order valence-electron chi connectivity index (χ1n) is 7.89. The van der Waals surface area contributed by atoms with Crippen LogP contribution in [0.5, 0.6) is 11.5 Å². The highest BCUT2D eigenvalue weighted by Crippen LogP contribution is 2.33. The number of rotatable bonds is 5. The van der Waals surface area contributed by atoms with Gasteiger partial charge in [0.25, 0.3) is 0 Å². The standard InChI is InChI=1S/C17H25N3O4/c1-18-17(19-7-5-16(21)24-4)20-8-6-12-9-14(22-2)15(23-3)10-13(12)11-20/h9-10H,5-8,11H2,1-4H3,(H,18,19). The summed E-state index contributed by atoms with van der Waals surface area (Å²) in [6.45, 7) is 2.07. The summed E-state index contributed by atoms with van der Waals surface area (Å²) < 4.78 is 15.4. The van der Waals surface area contributed by atoms with Gasteiger partial charge >= 0.3 is 5.97 Å². The second kappa shape index (κ2) is 8.42. The molecule has 0 fully saturated rings. The molecule has 24 heavy (non-hydrogen) atoms. The number of methoxy groups -OCH3 is 3. The number of esters is 1. The van der Waals surface area contributed by atoms with Gasteiger partial charge in [0.05, 0.1) is 27.8 Å². The van der Waals surface area contributed by atoms with Crippen LogP contribution >= 0.6 is 0 Å². The third kappa shape index (κ3) is 4.10. The molecule has 2 rings (SSSR count). The highest BCUT2D eigenvalue weighted by Gasteiger charge is 2.21. The summed E-state index contributed by atoms with van der Waals surface area (Å²) in [5, 5.41) is 3.21. The zero-order valence-electron chi connectivity index (χ0n) is 14.7. The van der Waals surface area contributed by atoms with Crippen molar-refractivity contribution in [2.24, 2.45) is 4.99 Å². The molecule has 0 saturated carbocycles. The van der Waals surface area contributed by atoms with Crippen molar-refractivity contribution in [2.45, 2.75) is 19.4 Å². The zero-order valence-corrected chi connectivity index (χ0v) is 14.7. The van der Waals surface area contributed by atoms with E-state index in [0.29, 0.717) is 13.0 Å². The number of nitrogens with zero attached hydrogens (tertiary/aromatic N) is 2. The summed E-state index contributed by atoms with van der Waals surface area (Å²) in [7, 11) is 6.41. The van der Waals surface area contributed by atoms with E-state index < -0.39 is 0 Å². The number of aliphatic imine (C=N–C) groups is 1. The van der Waals surface area contributed by atoms with Crippen molar-refractivity contribution in [2.75, 3.05) is 41.5 Å². The minimum atomic E-state index is -0.237.